The van der Waals surface area contributed by atoms with E-state index < -0.39 is 0 Å². The SMILES string of the molecule is CC1CCC(CN)(c2ccc(Cl)cc2)CC1. The summed E-state index contributed by atoms with van der Waals surface area (Å²) in [4.78, 5) is 0. The zero-order valence-electron chi connectivity index (χ0n) is 9.88. The van der Waals surface area contributed by atoms with E-state index in [4.69, 9.17) is 17.3 Å². The van der Waals surface area contributed by atoms with Gasteiger partial charge in [-0.2, -0.15) is 0 Å². The van der Waals surface area contributed by atoms with Crippen molar-refractivity contribution in [1.82, 2.24) is 0 Å². The smallest absolute Gasteiger partial charge is 0.0406 e. The summed E-state index contributed by atoms with van der Waals surface area (Å²) in [6, 6.07) is 8.25. The average Bonchev–Trinajstić information content (AvgIpc) is 2.32. The van der Waals surface area contributed by atoms with Gasteiger partial charge in [-0.1, -0.05) is 30.7 Å². The largest absolute Gasteiger partial charge is 0.330 e. The monoisotopic (exact) mass is 237 g/mol. The molecule has 2 rings (SSSR count). The van der Waals surface area contributed by atoms with E-state index in [1.807, 2.05) is 12.1 Å². The third-order valence-electron chi connectivity index (χ3n) is 4.08. The van der Waals surface area contributed by atoms with Crippen LogP contribution in [0.3, 0.4) is 0 Å². The highest BCUT2D eigenvalue weighted by Crippen LogP contribution is 2.40. The molecule has 0 aromatic heterocycles. The third kappa shape index (κ3) is 2.26. The van der Waals surface area contributed by atoms with Crippen LogP contribution < -0.4 is 5.73 Å². The van der Waals surface area contributed by atoms with Crippen LogP contribution in [0.1, 0.15) is 38.2 Å². The Bertz CT molecular complexity index is 336. The number of halogens is 1. The molecule has 0 unspecified atom stereocenters. The zero-order valence-corrected chi connectivity index (χ0v) is 10.6. The number of nitrogens with two attached hydrogens (primary N) is 1. The maximum atomic E-state index is 6.02. The molecular formula is C14H20ClN. The molecule has 1 aliphatic rings. The molecule has 1 aromatic rings. The molecule has 0 amide bonds. The predicted molar refractivity (Wildman–Crippen MR) is 69.8 cm³/mol. The molecule has 2 N–H and O–H groups in total. The van der Waals surface area contributed by atoms with E-state index in [1.54, 1.807) is 0 Å². The number of hydrogen-bond acceptors (Lipinski definition) is 1. The Morgan fingerprint density at radius 3 is 2.31 bits per heavy atom. The van der Waals surface area contributed by atoms with Crippen LogP contribution >= 0.6 is 11.6 Å². The minimum absolute atomic E-state index is 0.205. The van der Waals surface area contributed by atoms with E-state index in [1.165, 1.54) is 31.2 Å². The van der Waals surface area contributed by atoms with Gasteiger partial charge in [-0.3, -0.25) is 0 Å². The molecule has 88 valence electrons. The molecule has 2 heteroatoms. The lowest BCUT2D eigenvalue weighted by atomic mass is 9.67. The molecule has 0 atom stereocenters. The molecule has 0 bridgehead atoms. The first-order chi connectivity index (χ1) is 7.66. The first-order valence-corrected chi connectivity index (χ1v) is 6.50. The highest BCUT2D eigenvalue weighted by atomic mass is 35.5. The van der Waals surface area contributed by atoms with Crippen LogP contribution in [0.2, 0.25) is 5.02 Å². The molecule has 1 nitrogen and oxygen atoms in total. The van der Waals surface area contributed by atoms with Gasteiger partial charge >= 0.3 is 0 Å². The Hall–Kier alpha value is -0.530. The van der Waals surface area contributed by atoms with Gasteiger partial charge in [-0.05, 0) is 49.3 Å². The van der Waals surface area contributed by atoms with Crippen molar-refractivity contribution in [1.29, 1.82) is 0 Å². The van der Waals surface area contributed by atoms with Crippen molar-refractivity contribution in [2.75, 3.05) is 6.54 Å². The summed E-state index contributed by atoms with van der Waals surface area (Å²) in [5, 5.41) is 0.806. The van der Waals surface area contributed by atoms with Crippen molar-refractivity contribution in [2.24, 2.45) is 11.7 Å². The molecule has 1 fully saturated rings. The van der Waals surface area contributed by atoms with Crippen molar-refractivity contribution < 1.29 is 0 Å². The van der Waals surface area contributed by atoms with Gasteiger partial charge in [-0.25, -0.2) is 0 Å². The van der Waals surface area contributed by atoms with E-state index in [0.29, 0.717) is 0 Å². The Labute approximate surface area is 103 Å². The predicted octanol–water partition coefficient (Wildman–Crippen LogP) is 3.75. The van der Waals surface area contributed by atoms with Crippen LogP contribution in [0, 0.1) is 5.92 Å². The second kappa shape index (κ2) is 4.77. The van der Waals surface area contributed by atoms with Crippen molar-refractivity contribution in [3.8, 4) is 0 Å². The fourth-order valence-electron chi connectivity index (χ4n) is 2.73. The van der Waals surface area contributed by atoms with Crippen LogP contribution in [0.25, 0.3) is 0 Å². The van der Waals surface area contributed by atoms with Gasteiger partial charge in [0.25, 0.3) is 0 Å². The molecule has 1 aliphatic carbocycles. The summed E-state index contributed by atoms with van der Waals surface area (Å²) in [6.45, 7) is 3.09. The van der Waals surface area contributed by atoms with Crippen LogP contribution in [0.5, 0.6) is 0 Å². The minimum Gasteiger partial charge on any atom is -0.330 e. The number of benzene rings is 1. The summed E-state index contributed by atoms with van der Waals surface area (Å²) in [6.07, 6.45) is 5.01. The fraction of sp³-hybridized carbons (Fsp3) is 0.571. The Kier molecular flexibility index (Phi) is 3.56. The molecule has 0 radical (unpaired) electrons. The van der Waals surface area contributed by atoms with E-state index in [9.17, 15) is 0 Å². The summed E-state index contributed by atoms with van der Waals surface area (Å²) < 4.78 is 0. The van der Waals surface area contributed by atoms with Crippen molar-refractivity contribution in [2.45, 2.75) is 38.0 Å². The van der Waals surface area contributed by atoms with Crippen molar-refractivity contribution in [3.63, 3.8) is 0 Å². The molecule has 1 saturated carbocycles. The molecule has 0 spiro atoms. The van der Waals surface area contributed by atoms with Gasteiger partial charge in [-0.15, -0.1) is 0 Å². The van der Waals surface area contributed by atoms with Crippen molar-refractivity contribution >= 4 is 11.6 Å². The van der Waals surface area contributed by atoms with Crippen molar-refractivity contribution in [3.05, 3.63) is 34.9 Å². The maximum Gasteiger partial charge on any atom is 0.0406 e. The van der Waals surface area contributed by atoms with E-state index in [2.05, 4.69) is 19.1 Å². The fourth-order valence-corrected chi connectivity index (χ4v) is 2.85. The first kappa shape index (κ1) is 11.9. The summed E-state index contributed by atoms with van der Waals surface area (Å²) in [5.74, 6) is 0.854. The first-order valence-electron chi connectivity index (χ1n) is 6.12. The van der Waals surface area contributed by atoms with Gasteiger partial charge in [0, 0.05) is 17.0 Å². The van der Waals surface area contributed by atoms with E-state index in [0.717, 1.165) is 17.5 Å². The highest BCUT2D eigenvalue weighted by molar-refractivity contribution is 6.30. The van der Waals surface area contributed by atoms with Gasteiger partial charge in [0.05, 0.1) is 0 Å². The number of rotatable bonds is 2. The molecule has 0 saturated heterocycles. The van der Waals surface area contributed by atoms with Gasteiger partial charge < -0.3 is 5.73 Å². The number of hydrogen-bond donors (Lipinski definition) is 1. The Morgan fingerprint density at radius 1 is 1.25 bits per heavy atom. The Morgan fingerprint density at radius 2 is 1.81 bits per heavy atom. The normalized spacial score (nSPS) is 30.3. The standard InChI is InChI=1S/C14H20ClN/c1-11-6-8-14(10-16,9-7-11)12-2-4-13(15)5-3-12/h2-5,11H,6-10,16H2,1H3. The lowest BCUT2D eigenvalue weighted by Crippen LogP contribution is -2.38. The summed E-state index contributed by atoms with van der Waals surface area (Å²) in [5.41, 5.74) is 7.59. The van der Waals surface area contributed by atoms with Crippen LogP contribution in [0.4, 0.5) is 0 Å². The summed E-state index contributed by atoms with van der Waals surface area (Å²) in [7, 11) is 0. The van der Waals surface area contributed by atoms with Crippen LogP contribution in [0.15, 0.2) is 24.3 Å². The van der Waals surface area contributed by atoms with Gasteiger partial charge in [0.1, 0.15) is 0 Å². The molecule has 1 aromatic carbocycles. The topological polar surface area (TPSA) is 26.0 Å². The van der Waals surface area contributed by atoms with E-state index >= 15 is 0 Å². The second-order valence-corrected chi connectivity index (χ2v) is 5.61. The van der Waals surface area contributed by atoms with Crippen LogP contribution in [-0.4, -0.2) is 6.54 Å². The molecule has 0 aliphatic heterocycles. The average molecular weight is 238 g/mol. The highest BCUT2D eigenvalue weighted by Gasteiger charge is 2.34. The van der Waals surface area contributed by atoms with E-state index in [-0.39, 0.29) is 5.41 Å². The Balaban J connectivity index is 2.24. The zero-order chi connectivity index (χ0) is 11.6. The third-order valence-corrected chi connectivity index (χ3v) is 4.33. The van der Waals surface area contributed by atoms with Crippen LogP contribution in [-0.2, 0) is 5.41 Å². The summed E-state index contributed by atoms with van der Waals surface area (Å²) >= 11 is 5.93. The van der Waals surface area contributed by atoms with Gasteiger partial charge in [0.15, 0.2) is 0 Å². The lowest BCUT2D eigenvalue weighted by Gasteiger charge is -2.39. The quantitative estimate of drug-likeness (QED) is 0.833. The maximum absolute atomic E-state index is 6.02. The minimum atomic E-state index is 0.205. The van der Waals surface area contributed by atoms with Gasteiger partial charge in [0.2, 0.25) is 0 Å². The lowest BCUT2D eigenvalue weighted by molar-refractivity contribution is 0.247. The second-order valence-electron chi connectivity index (χ2n) is 5.17. The molecular weight excluding hydrogens is 218 g/mol. The molecule has 0 heterocycles. The molecule has 16 heavy (non-hydrogen) atoms.